The van der Waals surface area contributed by atoms with Gasteiger partial charge in [-0.15, -0.1) is 12.4 Å². The zero-order valence-corrected chi connectivity index (χ0v) is 14.2. The predicted molar refractivity (Wildman–Crippen MR) is 94.1 cm³/mol. The fraction of sp³-hybridized carbons (Fsp3) is 0.333. The standard InChI is InChI=1S/C18H20ClNO.ClH/c1-13-2-4-14(5-3-13)12-21-18-9-6-16(19)10-15(18)11-20-17-7-8-17;/h2-6,9-10,17,20H,7-8,11-12H2,1H3;1H. The number of aryl methyl sites for hydroxylation is 1. The first-order valence-electron chi connectivity index (χ1n) is 7.41. The van der Waals surface area contributed by atoms with E-state index in [1.54, 1.807) is 0 Å². The number of benzene rings is 2. The van der Waals surface area contributed by atoms with Crippen LogP contribution in [0.3, 0.4) is 0 Å². The summed E-state index contributed by atoms with van der Waals surface area (Å²) < 4.78 is 5.97. The Morgan fingerprint density at radius 3 is 2.55 bits per heavy atom. The number of ether oxygens (including phenoxy) is 1. The maximum absolute atomic E-state index is 6.10. The second-order valence-corrected chi connectivity index (χ2v) is 6.12. The lowest BCUT2D eigenvalue weighted by molar-refractivity contribution is 0.302. The molecule has 0 spiro atoms. The molecule has 0 atom stereocenters. The van der Waals surface area contributed by atoms with E-state index in [-0.39, 0.29) is 12.4 Å². The minimum atomic E-state index is 0. The zero-order valence-electron chi connectivity index (χ0n) is 12.6. The largest absolute Gasteiger partial charge is 0.489 e. The zero-order chi connectivity index (χ0) is 14.7. The van der Waals surface area contributed by atoms with Gasteiger partial charge in [-0.05, 0) is 43.5 Å². The van der Waals surface area contributed by atoms with Crippen LogP contribution in [0.1, 0.15) is 29.5 Å². The van der Waals surface area contributed by atoms with Gasteiger partial charge in [0.1, 0.15) is 12.4 Å². The molecule has 0 aromatic heterocycles. The summed E-state index contributed by atoms with van der Waals surface area (Å²) in [5.41, 5.74) is 3.57. The van der Waals surface area contributed by atoms with Gasteiger partial charge in [0.15, 0.2) is 0 Å². The molecule has 1 saturated carbocycles. The molecule has 1 N–H and O–H groups in total. The van der Waals surface area contributed by atoms with Crippen LogP contribution in [-0.4, -0.2) is 6.04 Å². The molecule has 1 aliphatic carbocycles. The second kappa shape index (κ2) is 7.87. The Kier molecular flexibility index (Phi) is 6.13. The van der Waals surface area contributed by atoms with Crippen LogP contribution in [0.2, 0.25) is 5.02 Å². The molecule has 1 fully saturated rings. The van der Waals surface area contributed by atoms with Crippen LogP contribution in [-0.2, 0) is 13.2 Å². The minimum absolute atomic E-state index is 0. The molecule has 0 saturated heterocycles. The van der Waals surface area contributed by atoms with E-state index in [0.29, 0.717) is 12.6 Å². The number of hydrogen-bond acceptors (Lipinski definition) is 2. The van der Waals surface area contributed by atoms with Gasteiger partial charge in [0.25, 0.3) is 0 Å². The lowest BCUT2D eigenvalue weighted by Crippen LogP contribution is -2.16. The first-order chi connectivity index (χ1) is 10.2. The van der Waals surface area contributed by atoms with Gasteiger partial charge in [0, 0.05) is 23.2 Å². The first kappa shape index (κ1) is 17.1. The van der Waals surface area contributed by atoms with Gasteiger partial charge in [-0.1, -0.05) is 41.4 Å². The average Bonchev–Trinajstić information content (AvgIpc) is 3.30. The summed E-state index contributed by atoms with van der Waals surface area (Å²) in [6, 6.07) is 14.9. The van der Waals surface area contributed by atoms with E-state index in [0.717, 1.165) is 22.9 Å². The molecule has 22 heavy (non-hydrogen) atoms. The number of halogens is 2. The van der Waals surface area contributed by atoms with E-state index in [1.165, 1.54) is 24.0 Å². The van der Waals surface area contributed by atoms with Crippen molar-refractivity contribution in [3.8, 4) is 5.75 Å². The summed E-state index contributed by atoms with van der Waals surface area (Å²) >= 11 is 6.10. The van der Waals surface area contributed by atoms with Gasteiger partial charge in [-0.25, -0.2) is 0 Å². The quantitative estimate of drug-likeness (QED) is 0.809. The van der Waals surface area contributed by atoms with E-state index in [2.05, 4.69) is 36.5 Å². The lowest BCUT2D eigenvalue weighted by Gasteiger charge is -2.13. The highest BCUT2D eigenvalue weighted by molar-refractivity contribution is 6.30. The Balaban J connectivity index is 0.00000176. The van der Waals surface area contributed by atoms with Crippen molar-refractivity contribution < 1.29 is 4.74 Å². The molecular formula is C18H21Cl2NO. The Morgan fingerprint density at radius 1 is 1.14 bits per heavy atom. The molecule has 2 nitrogen and oxygen atoms in total. The van der Waals surface area contributed by atoms with Crippen molar-refractivity contribution in [3.05, 3.63) is 64.2 Å². The van der Waals surface area contributed by atoms with Crippen molar-refractivity contribution in [3.63, 3.8) is 0 Å². The molecule has 0 amide bonds. The fourth-order valence-electron chi connectivity index (χ4n) is 2.21. The SMILES string of the molecule is Cc1ccc(COc2ccc(Cl)cc2CNC2CC2)cc1.Cl. The van der Waals surface area contributed by atoms with Gasteiger partial charge >= 0.3 is 0 Å². The first-order valence-corrected chi connectivity index (χ1v) is 7.78. The van der Waals surface area contributed by atoms with E-state index >= 15 is 0 Å². The number of hydrogen-bond donors (Lipinski definition) is 1. The highest BCUT2D eigenvalue weighted by Crippen LogP contribution is 2.26. The predicted octanol–water partition coefficient (Wildman–Crippen LogP) is 4.90. The number of nitrogens with one attached hydrogen (secondary N) is 1. The van der Waals surface area contributed by atoms with E-state index in [9.17, 15) is 0 Å². The van der Waals surface area contributed by atoms with Gasteiger partial charge in [0.2, 0.25) is 0 Å². The van der Waals surface area contributed by atoms with Gasteiger partial charge in [-0.3, -0.25) is 0 Å². The normalized spacial score (nSPS) is 13.5. The Labute approximate surface area is 143 Å². The molecule has 0 bridgehead atoms. The van der Waals surface area contributed by atoms with Crippen molar-refractivity contribution in [1.29, 1.82) is 0 Å². The van der Waals surface area contributed by atoms with Crippen molar-refractivity contribution in [1.82, 2.24) is 5.32 Å². The summed E-state index contributed by atoms with van der Waals surface area (Å²) in [4.78, 5) is 0. The van der Waals surface area contributed by atoms with Gasteiger partial charge in [-0.2, -0.15) is 0 Å². The summed E-state index contributed by atoms with van der Waals surface area (Å²) in [6.07, 6.45) is 2.56. The highest BCUT2D eigenvalue weighted by atomic mass is 35.5. The topological polar surface area (TPSA) is 21.3 Å². The molecule has 2 aromatic carbocycles. The third-order valence-corrected chi connectivity index (χ3v) is 3.93. The third kappa shape index (κ3) is 4.91. The molecule has 0 unspecified atom stereocenters. The van der Waals surface area contributed by atoms with E-state index in [4.69, 9.17) is 16.3 Å². The maximum atomic E-state index is 6.10. The average molecular weight is 338 g/mol. The lowest BCUT2D eigenvalue weighted by atomic mass is 10.1. The van der Waals surface area contributed by atoms with Gasteiger partial charge in [0.05, 0.1) is 0 Å². The highest BCUT2D eigenvalue weighted by Gasteiger charge is 2.20. The molecule has 4 heteroatoms. The van der Waals surface area contributed by atoms with Crippen LogP contribution in [0, 0.1) is 6.92 Å². The van der Waals surface area contributed by atoms with Crippen molar-refractivity contribution in [2.24, 2.45) is 0 Å². The molecule has 1 aliphatic rings. The van der Waals surface area contributed by atoms with Crippen molar-refractivity contribution in [2.45, 2.75) is 39.0 Å². The monoisotopic (exact) mass is 337 g/mol. The smallest absolute Gasteiger partial charge is 0.124 e. The maximum Gasteiger partial charge on any atom is 0.124 e. The van der Waals surface area contributed by atoms with Crippen LogP contribution in [0.25, 0.3) is 0 Å². The minimum Gasteiger partial charge on any atom is -0.489 e. The van der Waals surface area contributed by atoms with Crippen LogP contribution >= 0.6 is 24.0 Å². The Bertz CT molecular complexity index is 609. The summed E-state index contributed by atoms with van der Waals surface area (Å²) in [6.45, 7) is 3.48. The third-order valence-electron chi connectivity index (χ3n) is 3.70. The molecule has 0 aliphatic heterocycles. The molecular weight excluding hydrogens is 317 g/mol. The van der Waals surface area contributed by atoms with E-state index in [1.807, 2.05) is 18.2 Å². The van der Waals surface area contributed by atoms with Crippen LogP contribution in [0.5, 0.6) is 5.75 Å². The molecule has 118 valence electrons. The van der Waals surface area contributed by atoms with Crippen molar-refractivity contribution in [2.75, 3.05) is 0 Å². The molecule has 0 radical (unpaired) electrons. The molecule has 2 aromatic rings. The molecule has 0 heterocycles. The summed E-state index contributed by atoms with van der Waals surface area (Å²) in [7, 11) is 0. The summed E-state index contributed by atoms with van der Waals surface area (Å²) in [5.74, 6) is 0.910. The van der Waals surface area contributed by atoms with E-state index < -0.39 is 0 Å². The fourth-order valence-corrected chi connectivity index (χ4v) is 2.41. The Morgan fingerprint density at radius 2 is 1.86 bits per heavy atom. The number of rotatable bonds is 6. The van der Waals surface area contributed by atoms with Crippen LogP contribution < -0.4 is 10.1 Å². The van der Waals surface area contributed by atoms with Crippen LogP contribution in [0.15, 0.2) is 42.5 Å². The van der Waals surface area contributed by atoms with Crippen molar-refractivity contribution >= 4 is 24.0 Å². The second-order valence-electron chi connectivity index (χ2n) is 5.68. The summed E-state index contributed by atoms with van der Waals surface area (Å²) in [5, 5.41) is 4.26. The van der Waals surface area contributed by atoms with Gasteiger partial charge < -0.3 is 10.1 Å². The molecule has 3 rings (SSSR count). The Hall–Kier alpha value is -1.22. The van der Waals surface area contributed by atoms with Crippen LogP contribution in [0.4, 0.5) is 0 Å².